The molecule has 0 bridgehead atoms. The Morgan fingerprint density at radius 1 is 1.85 bits per heavy atom. The number of carbonyl (C=O) groups is 1. The number of imidazole rings is 1. The van der Waals surface area contributed by atoms with Crippen LogP contribution in [-0.2, 0) is 4.79 Å². The van der Waals surface area contributed by atoms with Crippen LogP contribution in [0.15, 0.2) is 12.5 Å². The largest absolute Gasteiger partial charge is 0.481 e. The molecule has 0 saturated carbocycles. The van der Waals surface area contributed by atoms with Crippen LogP contribution in [0.5, 0.6) is 0 Å². The van der Waals surface area contributed by atoms with E-state index in [1.54, 1.807) is 17.1 Å². The Labute approximate surface area is 76.2 Å². The molecule has 3 N–H and O–H groups in total. The van der Waals surface area contributed by atoms with Crippen molar-refractivity contribution in [3.8, 4) is 0 Å². The molecule has 1 heterocycles. The van der Waals surface area contributed by atoms with Gasteiger partial charge in [0.15, 0.2) is 0 Å². The van der Waals surface area contributed by atoms with Crippen LogP contribution in [0.3, 0.4) is 0 Å². The van der Waals surface area contributed by atoms with Crippen LogP contribution in [0, 0.1) is 6.92 Å². The first kappa shape index (κ1) is 9.73. The molecule has 0 aliphatic heterocycles. The maximum atomic E-state index is 10.5. The Balaban J connectivity index is 2.72. The minimum Gasteiger partial charge on any atom is -0.481 e. The topological polar surface area (TPSA) is 81.1 Å². The molecule has 1 aromatic heterocycles. The van der Waals surface area contributed by atoms with Gasteiger partial charge < -0.3 is 15.4 Å². The van der Waals surface area contributed by atoms with Crippen LogP contribution in [-0.4, -0.2) is 27.2 Å². The van der Waals surface area contributed by atoms with Gasteiger partial charge in [-0.3, -0.25) is 4.79 Å². The van der Waals surface area contributed by atoms with E-state index in [-0.39, 0.29) is 12.5 Å². The fraction of sp³-hybridized carbons (Fsp3) is 0.500. The number of rotatable bonds is 4. The summed E-state index contributed by atoms with van der Waals surface area (Å²) in [6.07, 6.45) is 3.43. The van der Waals surface area contributed by atoms with Crippen molar-refractivity contribution >= 4 is 5.97 Å². The number of aryl methyl sites for hydroxylation is 1. The van der Waals surface area contributed by atoms with Gasteiger partial charge in [0.05, 0.1) is 24.5 Å². The average molecular weight is 183 g/mol. The Morgan fingerprint density at radius 2 is 2.54 bits per heavy atom. The van der Waals surface area contributed by atoms with Gasteiger partial charge in [0.25, 0.3) is 0 Å². The number of aliphatic carboxylic acids is 1. The number of nitrogens with two attached hydrogens (primary N) is 1. The molecule has 5 nitrogen and oxygen atoms in total. The fourth-order valence-corrected chi connectivity index (χ4v) is 1.15. The van der Waals surface area contributed by atoms with E-state index < -0.39 is 5.97 Å². The van der Waals surface area contributed by atoms with E-state index in [1.807, 2.05) is 6.92 Å². The van der Waals surface area contributed by atoms with E-state index in [4.69, 9.17) is 10.8 Å². The summed E-state index contributed by atoms with van der Waals surface area (Å²) in [5.41, 5.74) is 6.32. The van der Waals surface area contributed by atoms with E-state index in [2.05, 4.69) is 4.98 Å². The molecule has 0 aliphatic rings. The van der Waals surface area contributed by atoms with E-state index in [1.165, 1.54) is 0 Å². The summed E-state index contributed by atoms with van der Waals surface area (Å²) >= 11 is 0. The number of hydrogen-bond acceptors (Lipinski definition) is 3. The summed E-state index contributed by atoms with van der Waals surface area (Å²) in [4.78, 5) is 14.5. The lowest BCUT2D eigenvalue weighted by molar-refractivity contribution is -0.137. The molecule has 0 spiro atoms. The standard InChI is InChI=1S/C8H13N3O2/c1-6-4-11(5-10-6)7(3-9)2-8(12)13/h4-5,7H,2-3,9H2,1H3,(H,12,13). The number of aromatic nitrogens is 2. The van der Waals surface area contributed by atoms with Crippen LogP contribution < -0.4 is 5.73 Å². The van der Waals surface area contributed by atoms with Crippen molar-refractivity contribution in [2.75, 3.05) is 6.54 Å². The smallest absolute Gasteiger partial charge is 0.305 e. The molecule has 13 heavy (non-hydrogen) atoms. The van der Waals surface area contributed by atoms with E-state index in [0.29, 0.717) is 6.54 Å². The maximum Gasteiger partial charge on any atom is 0.305 e. The van der Waals surface area contributed by atoms with Gasteiger partial charge in [-0.15, -0.1) is 0 Å². The van der Waals surface area contributed by atoms with E-state index in [9.17, 15) is 4.79 Å². The molecule has 72 valence electrons. The Morgan fingerprint density at radius 3 is 2.92 bits per heavy atom. The van der Waals surface area contributed by atoms with Crippen molar-refractivity contribution in [2.45, 2.75) is 19.4 Å². The highest BCUT2D eigenvalue weighted by Crippen LogP contribution is 2.10. The second-order valence-corrected chi connectivity index (χ2v) is 2.95. The summed E-state index contributed by atoms with van der Waals surface area (Å²) in [6, 6.07) is -0.196. The lowest BCUT2D eigenvalue weighted by atomic mass is 10.2. The molecule has 1 unspecified atom stereocenters. The molecule has 1 rings (SSSR count). The zero-order valence-corrected chi connectivity index (χ0v) is 7.47. The summed E-state index contributed by atoms with van der Waals surface area (Å²) < 4.78 is 1.74. The summed E-state index contributed by atoms with van der Waals surface area (Å²) in [6.45, 7) is 2.16. The summed E-state index contributed by atoms with van der Waals surface area (Å²) in [5, 5.41) is 8.59. The second-order valence-electron chi connectivity index (χ2n) is 2.95. The van der Waals surface area contributed by atoms with Gasteiger partial charge in [-0.05, 0) is 6.92 Å². The molecular weight excluding hydrogens is 170 g/mol. The molecule has 0 fully saturated rings. The van der Waals surface area contributed by atoms with Crippen LogP contribution in [0.1, 0.15) is 18.2 Å². The van der Waals surface area contributed by atoms with Crippen LogP contribution in [0.2, 0.25) is 0 Å². The zero-order valence-electron chi connectivity index (χ0n) is 7.47. The van der Waals surface area contributed by atoms with Crippen LogP contribution >= 0.6 is 0 Å². The molecule has 0 amide bonds. The van der Waals surface area contributed by atoms with Crippen LogP contribution in [0.25, 0.3) is 0 Å². The van der Waals surface area contributed by atoms with Crippen molar-refractivity contribution in [3.05, 3.63) is 18.2 Å². The SMILES string of the molecule is Cc1cn(C(CN)CC(=O)O)cn1. The molecule has 0 saturated heterocycles. The summed E-state index contributed by atoms with van der Waals surface area (Å²) in [5.74, 6) is -0.846. The third kappa shape index (κ3) is 2.55. The molecule has 5 heteroatoms. The van der Waals surface area contributed by atoms with Gasteiger partial charge in [-0.2, -0.15) is 0 Å². The first-order valence-electron chi connectivity index (χ1n) is 4.05. The quantitative estimate of drug-likeness (QED) is 0.697. The van der Waals surface area contributed by atoms with Crippen molar-refractivity contribution < 1.29 is 9.90 Å². The van der Waals surface area contributed by atoms with Gasteiger partial charge in [0, 0.05) is 12.7 Å². The van der Waals surface area contributed by atoms with Crippen molar-refractivity contribution in [2.24, 2.45) is 5.73 Å². The average Bonchev–Trinajstić information content (AvgIpc) is 2.47. The number of carboxylic acids is 1. The third-order valence-electron chi connectivity index (χ3n) is 1.83. The first-order chi connectivity index (χ1) is 6.13. The van der Waals surface area contributed by atoms with Crippen molar-refractivity contribution in [1.82, 2.24) is 9.55 Å². The van der Waals surface area contributed by atoms with Gasteiger partial charge >= 0.3 is 5.97 Å². The Bertz CT molecular complexity index is 295. The molecule has 1 aromatic rings. The van der Waals surface area contributed by atoms with Crippen LogP contribution in [0.4, 0.5) is 0 Å². The first-order valence-corrected chi connectivity index (χ1v) is 4.05. The predicted octanol–water partition coefficient (Wildman–Crippen LogP) is 0.166. The minimum absolute atomic E-state index is 0.0340. The minimum atomic E-state index is -0.846. The molecule has 0 aromatic carbocycles. The Kier molecular flexibility index (Phi) is 3.02. The normalized spacial score (nSPS) is 12.8. The van der Waals surface area contributed by atoms with E-state index >= 15 is 0 Å². The van der Waals surface area contributed by atoms with Crippen molar-refractivity contribution in [1.29, 1.82) is 0 Å². The number of hydrogen-bond donors (Lipinski definition) is 2. The van der Waals surface area contributed by atoms with Gasteiger partial charge in [-0.1, -0.05) is 0 Å². The predicted molar refractivity (Wildman–Crippen MR) is 47.3 cm³/mol. The van der Waals surface area contributed by atoms with Gasteiger partial charge in [0.1, 0.15) is 0 Å². The molecule has 1 atom stereocenters. The highest BCUT2D eigenvalue weighted by Gasteiger charge is 2.12. The zero-order chi connectivity index (χ0) is 9.84. The molecule has 0 radical (unpaired) electrons. The fourth-order valence-electron chi connectivity index (χ4n) is 1.15. The third-order valence-corrected chi connectivity index (χ3v) is 1.83. The van der Waals surface area contributed by atoms with Gasteiger partial charge in [0.2, 0.25) is 0 Å². The molecular formula is C8H13N3O2. The highest BCUT2D eigenvalue weighted by atomic mass is 16.4. The maximum absolute atomic E-state index is 10.5. The van der Waals surface area contributed by atoms with Crippen molar-refractivity contribution in [3.63, 3.8) is 0 Å². The Hall–Kier alpha value is -1.36. The number of nitrogens with zero attached hydrogens (tertiary/aromatic N) is 2. The monoisotopic (exact) mass is 183 g/mol. The summed E-state index contributed by atoms with van der Waals surface area (Å²) in [7, 11) is 0. The van der Waals surface area contributed by atoms with Gasteiger partial charge in [-0.25, -0.2) is 4.98 Å². The molecule has 0 aliphatic carbocycles. The lowest BCUT2D eigenvalue weighted by Crippen LogP contribution is -2.21. The highest BCUT2D eigenvalue weighted by molar-refractivity contribution is 5.67. The van der Waals surface area contributed by atoms with E-state index in [0.717, 1.165) is 5.69 Å². The lowest BCUT2D eigenvalue weighted by Gasteiger charge is -2.12. The second kappa shape index (κ2) is 4.04. The number of carboxylic acid groups (broad SMARTS) is 1.